The monoisotopic (exact) mass is 282 g/mol. The number of hydrogen-bond donors (Lipinski definition) is 1. The van der Waals surface area contributed by atoms with Crippen LogP contribution in [0.15, 0.2) is 0 Å². The highest BCUT2D eigenvalue weighted by atomic mass is 16.5. The van der Waals surface area contributed by atoms with Gasteiger partial charge < -0.3 is 15.0 Å². The zero-order chi connectivity index (χ0) is 14.4. The molecule has 1 saturated heterocycles. The van der Waals surface area contributed by atoms with Gasteiger partial charge in [0.25, 0.3) is 0 Å². The lowest BCUT2D eigenvalue weighted by molar-refractivity contribution is -0.142. The minimum Gasteiger partial charge on any atom is -0.469 e. The Hall–Kier alpha value is -1.26. The Balaban J connectivity index is 1.88. The smallest absolute Gasteiger partial charge is 0.317 e. The molecule has 1 heterocycles. The molecular weight excluding hydrogens is 256 g/mol. The van der Waals surface area contributed by atoms with E-state index in [-0.39, 0.29) is 18.0 Å². The lowest BCUT2D eigenvalue weighted by Gasteiger charge is -2.36. The van der Waals surface area contributed by atoms with Crippen molar-refractivity contribution in [3.63, 3.8) is 0 Å². The van der Waals surface area contributed by atoms with Crippen LogP contribution in [0, 0.1) is 0 Å². The van der Waals surface area contributed by atoms with Crippen LogP contribution in [0.4, 0.5) is 4.79 Å². The van der Waals surface area contributed by atoms with Gasteiger partial charge in [0, 0.05) is 18.6 Å². The fourth-order valence-corrected chi connectivity index (χ4v) is 3.26. The highest BCUT2D eigenvalue weighted by molar-refractivity contribution is 5.76. The van der Waals surface area contributed by atoms with E-state index in [1.54, 1.807) is 0 Å². The van der Waals surface area contributed by atoms with Gasteiger partial charge in [-0.3, -0.25) is 4.79 Å². The molecule has 1 atom stereocenters. The van der Waals surface area contributed by atoms with Crippen molar-refractivity contribution in [1.29, 1.82) is 0 Å². The van der Waals surface area contributed by atoms with Crippen molar-refractivity contribution < 1.29 is 14.3 Å². The van der Waals surface area contributed by atoms with Gasteiger partial charge in [0.05, 0.1) is 13.5 Å². The second kappa shape index (κ2) is 7.50. The van der Waals surface area contributed by atoms with E-state index in [1.165, 1.54) is 26.4 Å². The highest BCUT2D eigenvalue weighted by Crippen LogP contribution is 2.22. The van der Waals surface area contributed by atoms with Crippen LogP contribution in [0.2, 0.25) is 0 Å². The van der Waals surface area contributed by atoms with Gasteiger partial charge >= 0.3 is 12.0 Å². The first kappa shape index (κ1) is 15.1. The van der Waals surface area contributed by atoms with Crippen molar-refractivity contribution in [3.8, 4) is 0 Å². The predicted molar refractivity (Wildman–Crippen MR) is 76.4 cm³/mol. The van der Waals surface area contributed by atoms with Gasteiger partial charge in [0.2, 0.25) is 0 Å². The molecule has 5 nitrogen and oxygen atoms in total. The van der Waals surface area contributed by atoms with Crippen LogP contribution < -0.4 is 5.32 Å². The molecule has 1 saturated carbocycles. The second-order valence-corrected chi connectivity index (χ2v) is 5.91. The largest absolute Gasteiger partial charge is 0.469 e. The summed E-state index contributed by atoms with van der Waals surface area (Å²) in [4.78, 5) is 25.7. The van der Waals surface area contributed by atoms with Crippen molar-refractivity contribution in [2.75, 3.05) is 13.7 Å². The van der Waals surface area contributed by atoms with E-state index in [2.05, 4.69) is 5.32 Å². The maximum Gasteiger partial charge on any atom is 0.317 e. The summed E-state index contributed by atoms with van der Waals surface area (Å²) in [7, 11) is 1.40. The van der Waals surface area contributed by atoms with E-state index in [9.17, 15) is 9.59 Å². The van der Waals surface area contributed by atoms with Gasteiger partial charge in [-0.15, -0.1) is 0 Å². The number of amides is 2. The molecule has 0 aromatic heterocycles. The highest BCUT2D eigenvalue weighted by Gasteiger charge is 2.30. The molecule has 0 aromatic rings. The van der Waals surface area contributed by atoms with Crippen LogP contribution in [0.5, 0.6) is 0 Å². The molecule has 20 heavy (non-hydrogen) atoms. The molecule has 0 bridgehead atoms. The third-order valence-electron chi connectivity index (χ3n) is 4.45. The van der Waals surface area contributed by atoms with Crippen LogP contribution in [0.1, 0.15) is 57.8 Å². The summed E-state index contributed by atoms with van der Waals surface area (Å²) < 4.78 is 4.73. The average molecular weight is 282 g/mol. The van der Waals surface area contributed by atoms with Crippen LogP contribution in [0.3, 0.4) is 0 Å². The summed E-state index contributed by atoms with van der Waals surface area (Å²) in [6.45, 7) is 0.750. The van der Waals surface area contributed by atoms with Crippen LogP contribution >= 0.6 is 0 Å². The van der Waals surface area contributed by atoms with Crippen molar-refractivity contribution in [1.82, 2.24) is 10.2 Å². The van der Waals surface area contributed by atoms with Gasteiger partial charge in [-0.05, 0) is 32.1 Å². The van der Waals surface area contributed by atoms with Crippen LogP contribution in [0.25, 0.3) is 0 Å². The quantitative estimate of drug-likeness (QED) is 0.809. The number of rotatable bonds is 3. The number of nitrogens with zero attached hydrogens (tertiary/aromatic N) is 1. The van der Waals surface area contributed by atoms with E-state index in [0.29, 0.717) is 12.5 Å². The number of carbonyl (C=O) groups is 2. The molecule has 1 aliphatic heterocycles. The van der Waals surface area contributed by atoms with Crippen molar-refractivity contribution in [2.24, 2.45) is 0 Å². The lowest BCUT2D eigenvalue weighted by atomic mass is 9.95. The fourth-order valence-electron chi connectivity index (χ4n) is 3.26. The topological polar surface area (TPSA) is 58.6 Å². The number of urea groups is 1. The number of hydrogen-bond acceptors (Lipinski definition) is 3. The Morgan fingerprint density at radius 1 is 1.10 bits per heavy atom. The molecule has 2 aliphatic rings. The molecule has 1 unspecified atom stereocenters. The first-order valence-electron chi connectivity index (χ1n) is 7.84. The number of esters is 1. The number of carbonyl (C=O) groups excluding carboxylic acids is 2. The molecule has 0 radical (unpaired) electrons. The molecule has 2 fully saturated rings. The van der Waals surface area contributed by atoms with Gasteiger partial charge in [-0.25, -0.2) is 4.79 Å². The van der Waals surface area contributed by atoms with Crippen molar-refractivity contribution >= 4 is 12.0 Å². The van der Waals surface area contributed by atoms with E-state index in [4.69, 9.17) is 4.74 Å². The second-order valence-electron chi connectivity index (χ2n) is 5.91. The zero-order valence-corrected chi connectivity index (χ0v) is 12.4. The number of nitrogens with one attached hydrogen (secondary N) is 1. The number of ether oxygens (including phenoxy) is 1. The average Bonchev–Trinajstić information content (AvgIpc) is 2.48. The molecule has 0 spiro atoms. The van der Waals surface area contributed by atoms with Gasteiger partial charge in [-0.2, -0.15) is 0 Å². The van der Waals surface area contributed by atoms with Crippen LogP contribution in [-0.4, -0.2) is 42.6 Å². The summed E-state index contributed by atoms with van der Waals surface area (Å²) in [5.41, 5.74) is 0. The number of likely N-dealkylation sites (tertiary alicyclic amines) is 1. The Labute approximate surface area is 121 Å². The van der Waals surface area contributed by atoms with E-state index in [0.717, 1.165) is 38.6 Å². The van der Waals surface area contributed by atoms with E-state index in [1.807, 2.05) is 4.90 Å². The predicted octanol–water partition coefficient (Wildman–Crippen LogP) is 2.45. The number of piperidine rings is 1. The molecular formula is C15H26N2O3. The summed E-state index contributed by atoms with van der Waals surface area (Å²) in [6, 6.07) is 0.322. The lowest BCUT2D eigenvalue weighted by Crippen LogP contribution is -2.52. The molecule has 2 amide bonds. The Morgan fingerprint density at radius 2 is 1.80 bits per heavy atom. The Morgan fingerprint density at radius 3 is 2.50 bits per heavy atom. The summed E-state index contributed by atoms with van der Waals surface area (Å²) in [5.74, 6) is -0.229. The first-order chi connectivity index (χ1) is 9.70. The zero-order valence-electron chi connectivity index (χ0n) is 12.4. The van der Waals surface area contributed by atoms with Crippen molar-refractivity contribution in [3.05, 3.63) is 0 Å². The molecule has 2 rings (SSSR count). The van der Waals surface area contributed by atoms with Gasteiger partial charge in [-0.1, -0.05) is 19.3 Å². The standard InChI is InChI=1S/C15H26N2O3/c1-20-14(18)11-13-9-5-6-10-17(13)15(19)16-12-7-3-2-4-8-12/h12-13H,2-11H2,1H3,(H,16,19). The molecule has 0 aromatic carbocycles. The minimum atomic E-state index is -0.229. The molecule has 114 valence electrons. The third kappa shape index (κ3) is 4.12. The molecule has 1 aliphatic carbocycles. The Kier molecular flexibility index (Phi) is 5.68. The van der Waals surface area contributed by atoms with Crippen LogP contribution in [-0.2, 0) is 9.53 Å². The summed E-state index contributed by atoms with van der Waals surface area (Å²) in [6.07, 6.45) is 9.17. The van der Waals surface area contributed by atoms with E-state index >= 15 is 0 Å². The Bertz CT molecular complexity index is 340. The van der Waals surface area contributed by atoms with Crippen molar-refractivity contribution in [2.45, 2.75) is 69.9 Å². The fraction of sp³-hybridized carbons (Fsp3) is 0.867. The van der Waals surface area contributed by atoms with Gasteiger partial charge in [0.15, 0.2) is 0 Å². The SMILES string of the molecule is COC(=O)CC1CCCCN1C(=O)NC1CCCCC1. The maximum atomic E-state index is 12.4. The third-order valence-corrected chi connectivity index (χ3v) is 4.45. The summed E-state index contributed by atoms with van der Waals surface area (Å²) >= 11 is 0. The normalized spacial score (nSPS) is 24.2. The van der Waals surface area contributed by atoms with E-state index < -0.39 is 0 Å². The molecule has 5 heteroatoms. The maximum absolute atomic E-state index is 12.4. The minimum absolute atomic E-state index is 0.000194. The van der Waals surface area contributed by atoms with Gasteiger partial charge in [0.1, 0.15) is 0 Å². The first-order valence-corrected chi connectivity index (χ1v) is 7.84. The summed E-state index contributed by atoms with van der Waals surface area (Å²) in [5, 5.41) is 3.14. The number of methoxy groups -OCH3 is 1. The molecule has 1 N–H and O–H groups in total.